The van der Waals surface area contributed by atoms with Crippen LogP contribution in [-0.2, 0) is 11.3 Å². The maximum atomic E-state index is 12.4. The van der Waals surface area contributed by atoms with Gasteiger partial charge in [0.2, 0.25) is 5.91 Å². The lowest BCUT2D eigenvalue weighted by Gasteiger charge is -2.36. The van der Waals surface area contributed by atoms with Gasteiger partial charge in [0.1, 0.15) is 5.75 Å². The SMILES string of the molecule is COc1ccccc1C1CNCCN1CC(=O)NCc1sccc1C.Cl. The van der Waals surface area contributed by atoms with E-state index in [1.807, 2.05) is 18.2 Å². The number of nitrogens with zero attached hydrogens (tertiary/aromatic N) is 1. The van der Waals surface area contributed by atoms with Crippen LogP contribution in [0, 0.1) is 6.92 Å². The molecule has 1 aromatic heterocycles. The molecule has 1 atom stereocenters. The number of thiophene rings is 1. The van der Waals surface area contributed by atoms with E-state index in [2.05, 4.69) is 40.0 Å². The van der Waals surface area contributed by atoms with Crippen LogP contribution < -0.4 is 15.4 Å². The third-order valence-electron chi connectivity index (χ3n) is 4.61. The molecule has 1 saturated heterocycles. The van der Waals surface area contributed by atoms with Gasteiger partial charge < -0.3 is 15.4 Å². The van der Waals surface area contributed by atoms with Gasteiger partial charge in [-0.3, -0.25) is 9.69 Å². The predicted molar refractivity (Wildman–Crippen MR) is 108 cm³/mol. The summed E-state index contributed by atoms with van der Waals surface area (Å²) in [5, 5.41) is 8.53. The van der Waals surface area contributed by atoms with E-state index in [9.17, 15) is 4.79 Å². The summed E-state index contributed by atoms with van der Waals surface area (Å²) in [5.74, 6) is 0.936. The quantitative estimate of drug-likeness (QED) is 0.789. The van der Waals surface area contributed by atoms with Crippen LogP contribution in [0.5, 0.6) is 5.75 Å². The van der Waals surface area contributed by atoms with Crippen LogP contribution in [0.15, 0.2) is 35.7 Å². The summed E-state index contributed by atoms with van der Waals surface area (Å²) in [6.07, 6.45) is 0. The number of ether oxygens (including phenoxy) is 1. The highest BCUT2D eigenvalue weighted by molar-refractivity contribution is 7.10. The zero-order chi connectivity index (χ0) is 17.6. The molecule has 1 amide bonds. The minimum absolute atomic E-state index is 0. The molecule has 26 heavy (non-hydrogen) atoms. The highest BCUT2D eigenvalue weighted by atomic mass is 35.5. The van der Waals surface area contributed by atoms with E-state index in [4.69, 9.17) is 4.74 Å². The van der Waals surface area contributed by atoms with Gasteiger partial charge >= 0.3 is 0 Å². The average Bonchev–Trinajstić information content (AvgIpc) is 3.05. The first-order valence-corrected chi connectivity index (χ1v) is 9.44. The standard InChI is InChI=1S/C19H25N3O2S.ClH/c1-14-7-10-25-18(14)12-21-19(23)13-22-9-8-20-11-16(22)15-5-3-4-6-17(15)24-2;/h3-7,10,16,20H,8-9,11-13H2,1-2H3,(H,21,23);1H. The molecule has 2 N–H and O–H groups in total. The van der Waals surface area contributed by atoms with Crippen molar-refractivity contribution in [3.8, 4) is 5.75 Å². The Kier molecular flexibility index (Phi) is 7.90. The highest BCUT2D eigenvalue weighted by Gasteiger charge is 2.27. The minimum Gasteiger partial charge on any atom is -0.496 e. The van der Waals surface area contributed by atoms with Crippen molar-refractivity contribution in [1.82, 2.24) is 15.5 Å². The topological polar surface area (TPSA) is 53.6 Å². The largest absolute Gasteiger partial charge is 0.496 e. The number of carbonyl (C=O) groups is 1. The Morgan fingerprint density at radius 2 is 2.19 bits per heavy atom. The van der Waals surface area contributed by atoms with Gasteiger partial charge in [0.25, 0.3) is 0 Å². The summed E-state index contributed by atoms with van der Waals surface area (Å²) in [5.41, 5.74) is 2.36. The number of para-hydroxylation sites is 1. The Labute approximate surface area is 165 Å². The van der Waals surface area contributed by atoms with Crippen molar-refractivity contribution in [2.45, 2.75) is 19.5 Å². The molecule has 0 saturated carbocycles. The smallest absolute Gasteiger partial charge is 0.234 e. The summed E-state index contributed by atoms with van der Waals surface area (Å²) in [6.45, 7) is 5.63. The second-order valence-electron chi connectivity index (χ2n) is 6.24. The normalized spacial score (nSPS) is 17.4. The molecule has 7 heteroatoms. The Morgan fingerprint density at radius 3 is 2.92 bits per heavy atom. The Hall–Kier alpha value is -1.60. The van der Waals surface area contributed by atoms with Crippen molar-refractivity contribution < 1.29 is 9.53 Å². The van der Waals surface area contributed by atoms with Crippen LogP contribution in [0.1, 0.15) is 22.0 Å². The number of piperazine rings is 1. The van der Waals surface area contributed by atoms with Gasteiger partial charge in [-0.05, 0) is 30.0 Å². The van der Waals surface area contributed by atoms with Gasteiger partial charge in [0.15, 0.2) is 0 Å². The summed E-state index contributed by atoms with van der Waals surface area (Å²) < 4.78 is 5.51. The average molecular weight is 396 g/mol. The Morgan fingerprint density at radius 1 is 1.38 bits per heavy atom. The summed E-state index contributed by atoms with van der Waals surface area (Å²) in [4.78, 5) is 15.9. The van der Waals surface area contributed by atoms with Crippen LogP contribution in [-0.4, -0.2) is 44.1 Å². The van der Waals surface area contributed by atoms with Gasteiger partial charge in [-0.25, -0.2) is 0 Å². The van der Waals surface area contributed by atoms with E-state index in [1.54, 1.807) is 18.4 Å². The number of methoxy groups -OCH3 is 1. The third kappa shape index (κ3) is 4.98. The minimum atomic E-state index is 0. The summed E-state index contributed by atoms with van der Waals surface area (Å²) in [7, 11) is 1.69. The molecular weight excluding hydrogens is 370 g/mol. The second-order valence-corrected chi connectivity index (χ2v) is 7.24. The third-order valence-corrected chi connectivity index (χ3v) is 5.64. The van der Waals surface area contributed by atoms with E-state index >= 15 is 0 Å². The van der Waals surface area contributed by atoms with E-state index in [-0.39, 0.29) is 24.4 Å². The molecule has 0 aliphatic carbocycles. The molecule has 1 aliphatic heterocycles. The molecule has 1 aromatic carbocycles. The molecule has 0 radical (unpaired) electrons. The molecule has 2 heterocycles. The molecular formula is C19H26ClN3O2S. The van der Waals surface area contributed by atoms with Crippen LogP contribution in [0.2, 0.25) is 0 Å². The van der Waals surface area contributed by atoms with Crippen molar-refractivity contribution in [2.24, 2.45) is 0 Å². The van der Waals surface area contributed by atoms with Crippen molar-refractivity contribution in [2.75, 3.05) is 33.3 Å². The van der Waals surface area contributed by atoms with Gasteiger partial charge in [-0.15, -0.1) is 23.7 Å². The second kappa shape index (κ2) is 9.92. The fourth-order valence-corrected chi connectivity index (χ4v) is 4.03. The van der Waals surface area contributed by atoms with Crippen LogP contribution in [0.4, 0.5) is 0 Å². The van der Waals surface area contributed by atoms with E-state index in [0.717, 1.165) is 30.9 Å². The van der Waals surface area contributed by atoms with E-state index in [0.29, 0.717) is 13.1 Å². The van der Waals surface area contributed by atoms with E-state index in [1.165, 1.54) is 10.4 Å². The van der Waals surface area contributed by atoms with Crippen molar-refractivity contribution in [3.63, 3.8) is 0 Å². The van der Waals surface area contributed by atoms with Crippen molar-refractivity contribution >= 4 is 29.7 Å². The molecule has 1 fully saturated rings. The predicted octanol–water partition coefficient (Wildman–Crippen LogP) is 2.75. The molecule has 142 valence electrons. The number of carbonyl (C=O) groups excluding carboxylic acids is 1. The van der Waals surface area contributed by atoms with Gasteiger partial charge in [0, 0.05) is 30.1 Å². The van der Waals surface area contributed by atoms with Gasteiger partial charge in [-0.1, -0.05) is 18.2 Å². The zero-order valence-corrected chi connectivity index (χ0v) is 16.8. The van der Waals surface area contributed by atoms with Gasteiger partial charge in [-0.2, -0.15) is 0 Å². The fraction of sp³-hybridized carbons (Fsp3) is 0.421. The number of amides is 1. The van der Waals surface area contributed by atoms with Crippen LogP contribution in [0.25, 0.3) is 0 Å². The number of rotatable bonds is 6. The maximum absolute atomic E-state index is 12.4. The number of aryl methyl sites for hydroxylation is 1. The summed E-state index contributed by atoms with van der Waals surface area (Å²) >= 11 is 1.69. The first-order valence-electron chi connectivity index (χ1n) is 8.56. The van der Waals surface area contributed by atoms with E-state index < -0.39 is 0 Å². The number of benzene rings is 1. The van der Waals surface area contributed by atoms with Crippen LogP contribution >= 0.6 is 23.7 Å². The molecule has 3 rings (SSSR count). The lowest BCUT2D eigenvalue weighted by atomic mass is 10.0. The number of halogens is 1. The molecule has 5 nitrogen and oxygen atoms in total. The number of hydrogen-bond donors (Lipinski definition) is 2. The number of hydrogen-bond acceptors (Lipinski definition) is 5. The highest BCUT2D eigenvalue weighted by Crippen LogP contribution is 2.29. The monoisotopic (exact) mass is 395 g/mol. The fourth-order valence-electron chi connectivity index (χ4n) is 3.19. The first kappa shape index (κ1) is 20.7. The lowest BCUT2D eigenvalue weighted by Crippen LogP contribution is -2.49. The zero-order valence-electron chi connectivity index (χ0n) is 15.2. The summed E-state index contributed by atoms with van der Waals surface area (Å²) in [6, 6.07) is 10.3. The molecule has 1 unspecified atom stereocenters. The first-order chi connectivity index (χ1) is 12.2. The Balaban J connectivity index is 0.00000243. The van der Waals surface area contributed by atoms with Gasteiger partial charge in [0.05, 0.1) is 26.2 Å². The Bertz CT molecular complexity index is 722. The maximum Gasteiger partial charge on any atom is 0.234 e. The number of nitrogens with one attached hydrogen (secondary N) is 2. The van der Waals surface area contributed by atoms with Crippen LogP contribution in [0.3, 0.4) is 0 Å². The molecule has 0 bridgehead atoms. The molecule has 0 spiro atoms. The van der Waals surface area contributed by atoms with Crippen molar-refractivity contribution in [3.05, 3.63) is 51.7 Å². The lowest BCUT2D eigenvalue weighted by molar-refractivity contribution is -0.123. The van der Waals surface area contributed by atoms with Crippen molar-refractivity contribution in [1.29, 1.82) is 0 Å². The molecule has 1 aliphatic rings. The molecule has 2 aromatic rings.